The quantitative estimate of drug-likeness (QED) is 0.560. The molecule has 0 aromatic carbocycles. The Hall–Kier alpha value is -0.650. The number of aromatic carboxylic acids is 1. The minimum atomic E-state index is -1.13. The van der Waals surface area contributed by atoms with Crippen LogP contribution in [0.1, 0.15) is 16.2 Å². The average molecular weight is 177 g/mol. The Kier molecular flexibility index (Phi) is 4.16. The predicted molar refractivity (Wildman–Crippen MR) is 45.3 cm³/mol. The number of nitrogen functional groups attached to an aromatic ring is 1. The Morgan fingerprint density at radius 2 is 2.17 bits per heavy atom. The number of anilines is 1. The molecule has 0 amide bonds. The second kappa shape index (κ2) is 4.39. The molecule has 0 saturated carbocycles. The molecule has 0 fully saturated rings. The van der Waals surface area contributed by atoms with Crippen molar-refractivity contribution in [3.05, 3.63) is 17.7 Å². The summed E-state index contributed by atoms with van der Waals surface area (Å²) in [7, 11) is 0. The second-order valence-corrected chi connectivity index (χ2v) is 2.03. The van der Waals surface area contributed by atoms with E-state index < -0.39 is 5.97 Å². The zero-order valence-corrected chi connectivity index (χ0v) is 5.90. The maximum atomic E-state index is 10.4. The summed E-state index contributed by atoms with van der Waals surface area (Å²) in [5.41, 5.74) is 5.85. The Balaban J connectivity index is 0.00000121. The molecule has 1 heterocycles. The molecule has 0 spiro atoms. The van der Waals surface area contributed by atoms with E-state index in [-0.39, 0.29) is 40.9 Å². The number of hydrogen-bond donors (Lipinski definition) is 2. The van der Waals surface area contributed by atoms with Gasteiger partial charge in [-0.2, -0.15) is 0 Å². The Bertz CT molecular complexity index is 303. The van der Waals surface area contributed by atoms with E-state index in [4.69, 9.17) is 10.8 Å². The van der Waals surface area contributed by atoms with Crippen LogP contribution in [0.15, 0.2) is 6.33 Å². The van der Waals surface area contributed by atoms with Gasteiger partial charge in [-0.15, -0.1) is 0 Å². The van der Waals surface area contributed by atoms with E-state index in [1.807, 2.05) is 0 Å². The maximum absolute atomic E-state index is 10.4. The van der Waals surface area contributed by atoms with Gasteiger partial charge in [0.2, 0.25) is 0 Å². The van der Waals surface area contributed by atoms with Crippen molar-refractivity contribution in [2.45, 2.75) is 6.92 Å². The van der Waals surface area contributed by atoms with Gasteiger partial charge in [0.05, 0.1) is 11.4 Å². The molecule has 12 heavy (non-hydrogen) atoms. The first-order chi connectivity index (χ1) is 5.13. The van der Waals surface area contributed by atoms with Crippen LogP contribution in [-0.4, -0.2) is 50.6 Å². The number of hydrogen-bond acceptors (Lipinski definition) is 4. The van der Waals surface area contributed by atoms with Crippen molar-refractivity contribution in [2.24, 2.45) is 0 Å². The van der Waals surface area contributed by atoms with Gasteiger partial charge in [0.1, 0.15) is 6.33 Å². The summed E-state index contributed by atoms with van der Waals surface area (Å²) in [5.74, 6) is -1.13. The van der Waals surface area contributed by atoms with Crippen molar-refractivity contribution in [2.75, 3.05) is 5.73 Å². The molecular formula is C6H8N3NaO2. The van der Waals surface area contributed by atoms with Gasteiger partial charge in [0.25, 0.3) is 0 Å². The van der Waals surface area contributed by atoms with E-state index in [0.717, 1.165) is 0 Å². The summed E-state index contributed by atoms with van der Waals surface area (Å²) < 4.78 is 0. The Morgan fingerprint density at radius 3 is 2.58 bits per heavy atom. The normalized spacial score (nSPS) is 8.75. The fourth-order valence-corrected chi connectivity index (χ4v) is 0.654. The number of aromatic nitrogens is 2. The van der Waals surface area contributed by atoms with Crippen LogP contribution < -0.4 is 5.73 Å². The van der Waals surface area contributed by atoms with Gasteiger partial charge in [-0.05, 0) is 6.92 Å². The zero-order chi connectivity index (χ0) is 8.43. The monoisotopic (exact) mass is 177 g/mol. The molecular weight excluding hydrogens is 169 g/mol. The topological polar surface area (TPSA) is 89.1 Å². The second-order valence-electron chi connectivity index (χ2n) is 2.03. The molecule has 0 atom stereocenters. The zero-order valence-electron chi connectivity index (χ0n) is 5.90. The number of rotatable bonds is 1. The average Bonchev–Trinajstić information content (AvgIpc) is 1.94. The molecule has 1 aromatic rings. The van der Waals surface area contributed by atoms with Crippen LogP contribution in [0, 0.1) is 6.92 Å². The molecule has 0 aliphatic carbocycles. The third kappa shape index (κ3) is 2.17. The molecule has 0 saturated heterocycles. The standard InChI is InChI=1S/C6H7N3O2.Na.H/c1-3-4(7)5(6(10)11)9-2-8-3;;/h2H,7H2,1H3,(H,10,11);;. The van der Waals surface area contributed by atoms with E-state index in [9.17, 15) is 4.79 Å². The first kappa shape index (κ1) is 11.4. The van der Waals surface area contributed by atoms with Crippen LogP contribution in [0.3, 0.4) is 0 Å². The van der Waals surface area contributed by atoms with Crippen LogP contribution in [0.4, 0.5) is 5.69 Å². The Morgan fingerprint density at radius 1 is 1.58 bits per heavy atom. The Labute approximate surface area is 91.3 Å². The van der Waals surface area contributed by atoms with Gasteiger partial charge in [0.15, 0.2) is 5.69 Å². The molecule has 60 valence electrons. The third-order valence-corrected chi connectivity index (χ3v) is 1.29. The van der Waals surface area contributed by atoms with Crippen molar-refractivity contribution < 1.29 is 9.90 Å². The fraction of sp³-hybridized carbons (Fsp3) is 0.167. The first-order valence-corrected chi connectivity index (χ1v) is 2.93. The molecule has 0 bridgehead atoms. The summed E-state index contributed by atoms with van der Waals surface area (Å²) in [5, 5.41) is 8.52. The summed E-state index contributed by atoms with van der Waals surface area (Å²) in [6, 6.07) is 0. The van der Waals surface area contributed by atoms with Crippen LogP contribution >= 0.6 is 0 Å². The summed E-state index contributed by atoms with van der Waals surface area (Å²) in [6.07, 6.45) is 1.18. The molecule has 0 aliphatic heterocycles. The van der Waals surface area contributed by atoms with Crippen molar-refractivity contribution in [1.29, 1.82) is 0 Å². The molecule has 0 unspecified atom stereocenters. The molecule has 1 rings (SSSR count). The van der Waals surface area contributed by atoms with Gasteiger partial charge < -0.3 is 10.8 Å². The number of carboxylic acids is 1. The van der Waals surface area contributed by atoms with Crippen LogP contribution in [-0.2, 0) is 0 Å². The van der Waals surface area contributed by atoms with Crippen molar-refractivity contribution in [3.8, 4) is 0 Å². The van der Waals surface area contributed by atoms with E-state index >= 15 is 0 Å². The van der Waals surface area contributed by atoms with Gasteiger partial charge in [-0.3, -0.25) is 0 Å². The van der Waals surface area contributed by atoms with Crippen LogP contribution in [0.25, 0.3) is 0 Å². The number of carboxylic acid groups (broad SMARTS) is 1. The molecule has 1 aromatic heterocycles. The SMILES string of the molecule is Cc1ncnc(C(=O)O)c1N.[NaH]. The summed E-state index contributed by atoms with van der Waals surface area (Å²) >= 11 is 0. The van der Waals surface area contributed by atoms with Gasteiger partial charge >= 0.3 is 35.5 Å². The third-order valence-electron chi connectivity index (χ3n) is 1.29. The van der Waals surface area contributed by atoms with Crippen molar-refractivity contribution in [3.63, 3.8) is 0 Å². The molecule has 0 aliphatic rings. The van der Waals surface area contributed by atoms with Gasteiger partial charge in [0, 0.05) is 0 Å². The molecule has 5 nitrogen and oxygen atoms in total. The predicted octanol–water partition coefficient (Wildman–Crippen LogP) is -0.583. The van der Waals surface area contributed by atoms with E-state index in [1.54, 1.807) is 6.92 Å². The number of nitrogens with zero attached hydrogens (tertiary/aromatic N) is 2. The van der Waals surface area contributed by atoms with Crippen molar-refractivity contribution >= 4 is 41.2 Å². The molecule has 0 radical (unpaired) electrons. The molecule has 3 N–H and O–H groups in total. The van der Waals surface area contributed by atoms with E-state index in [1.165, 1.54) is 6.33 Å². The van der Waals surface area contributed by atoms with Crippen LogP contribution in [0.5, 0.6) is 0 Å². The molecule has 6 heteroatoms. The van der Waals surface area contributed by atoms with Crippen molar-refractivity contribution in [1.82, 2.24) is 9.97 Å². The number of aryl methyl sites for hydroxylation is 1. The van der Waals surface area contributed by atoms with Crippen LogP contribution in [0.2, 0.25) is 0 Å². The fourth-order valence-electron chi connectivity index (χ4n) is 0.654. The minimum absolute atomic E-state index is 0. The van der Waals surface area contributed by atoms with Gasteiger partial charge in [-0.25, -0.2) is 14.8 Å². The number of nitrogens with two attached hydrogens (primary N) is 1. The first-order valence-electron chi connectivity index (χ1n) is 2.93. The van der Waals surface area contributed by atoms with E-state index in [2.05, 4.69) is 9.97 Å². The van der Waals surface area contributed by atoms with Gasteiger partial charge in [-0.1, -0.05) is 0 Å². The van der Waals surface area contributed by atoms with E-state index in [0.29, 0.717) is 5.69 Å². The number of carbonyl (C=O) groups is 1. The summed E-state index contributed by atoms with van der Waals surface area (Å²) in [4.78, 5) is 17.6. The summed E-state index contributed by atoms with van der Waals surface area (Å²) in [6.45, 7) is 1.63.